The lowest BCUT2D eigenvalue weighted by molar-refractivity contribution is -0.974. The van der Waals surface area contributed by atoms with E-state index < -0.39 is 20.3 Å². The van der Waals surface area contributed by atoms with Gasteiger partial charge in [-0.1, -0.05) is 0 Å². The topological polar surface area (TPSA) is 96.3 Å². The molecule has 2 amide bonds. The van der Waals surface area contributed by atoms with Crippen LogP contribution < -0.4 is 0 Å². The quantitative estimate of drug-likeness (QED) is 0.447. The van der Waals surface area contributed by atoms with Crippen LogP contribution in [0.2, 0.25) is 0 Å². The fourth-order valence-corrected chi connectivity index (χ4v) is 2.90. The molecule has 2 aliphatic rings. The van der Waals surface area contributed by atoms with Crippen LogP contribution in [0.15, 0.2) is 16.9 Å². The van der Waals surface area contributed by atoms with Crippen LogP contribution in [0.25, 0.3) is 0 Å². The molecule has 0 bridgehead atoms. The van der Waals surface area contributed by atoms with Gasteiger partial charge < -0.3 is 4.74 Å². The lowest BCUT2D eigenvalue weighted by Gasteiger charge is -2.40. The number of hydrogen-bond donors (Lipinski definition) is 0. The molecule has 0 aromatic heterocycles. The molecular weight excluding hydrogens is 312 g/mol. The first-order valence-electron chi connectivity index (χ1n) is 5.36. The second-order valence-electron chi connectivity index (χ2n) is 4.38. The number of carbonyl (C=O) groups excluding carboxylic acids is 2. The summed E-state index contributed by atoms with van der Waals surface area (Å²) in [6.45, 7) is -0.175. The van der Waals surface area contributed by atoms with E-state index in [9.17, 15) is 18.0 Å². The number of nitrogens with zero attached hydrogens (tertiary/aromatic N) is 4. The van der Waals surface area contributed by atoms with E-state index in [4.69, 9.17) is 10.7 Å². The van der Waals surface area contributed by atoms with Crippen molar-refractivity contribution in [1.29, 1.82) is 0 Å². The van der Waals surface area contributed by atoms with Crippen molar-refractivity contribution in [2.75, 3.05) is 27.9 Å². The Morgan fingerprint density at radius 1 is 1.55 bits per heavy atom. The average Bonchev–Trinajstić information content (AvgIpc) is 2.58. The lowest BCUT2D eigenvalue weighted by Crippen LogP contribution is -2.62. The van der Waals surface area contributed by atoms with Crippen LogP contribution in [0.5, 0.6) is 0 Å². The zero-order valence-corrected chi connectivity index (χ0v) is 12.5. The maximum atomic E-state index is 11.7. The number of likely N-dealkylation sites (N-methyl/N-ethyl adjacent to an activating group) is 1. The lowest BCUT2D eigenvalue weighted by atomic mass is 10.5. The summed E-state index contributed by atoms with van der Waals surface area (Å²) >= 11 is 0. The van der Waals surface area contributed by atoms with Gasteiger partial charge in [0.25, 0.3) is 25.9 Å². The molecule has 11 heteroatoms. The molecule has 0 saturated heterocycles. The molecule has 0 aliphatic carbocycles. The molecule has 1 unspecified atom stereocenters. The molecule has 0 aromatic rings. The number of amides is 2. The zero-order valence-electron chi connectivity index (χ0n) is 10.9. The third kappa shape index (κ3) is 2.05. The third-order valence-corrected chi connectivity index (χ3v) is 4.36. The summed E-state index contributed by atoms with van der Waals surface area (Å²) in [7, 11) is 5.23. The van der Waals surface area contributed by atoms with Crippen molar-refractivity contribution in [2.45, 2.75) is 0 Å². The predicted molar refractivity (Wildman–Crippen MR) is 68.4 cm³/mol. The molecular formula is C9H12ClN4O5S+. The fraction of sp³-hybridized carbons (Fsp3) is 0.444. The van der Waals surface area contributed by atoms with E-state index in [0.29, 0.717) is 0 Å². The van der Waals surface area contributed by atoms with Gasteiger partial charge in [-0.2, -0.15) is 19.5 Å². The molecule has 0 spiro atoms. The Morgan fingerprint density at radius 2 is 2.15 bits per heavy atom. The van der Waals surface area contributed by atoms with Crippen LogP contribution >= 0.6 is 10.7 Å². The van der Waals surface area contributed by atoms with Gasteiger partial charge in [0.15, 0.2) is 6.67 Å². The number of hydrogen-bond acceptors (Lipinski definition) is 6. The summed E-state index contributed by atoms with van der Waals surface area (Å²) < 4.78 is 27.4. The molecule has 0 radical (unpaired) electrons. The molecule has 2 aliphatic heterocycles. The Hall–Kier alpha value is -1.65. The number of methoxy groups -OCH3 is 1. The first-order chi connectivity index (χ1) is 9.11. The summed E-state index contributed by atoms with van der Waals surface area (Å²) in [6.07, 6.45) is 0.260. The van der Waals surface area contributed by atoms with E-state index in [1.807, 2.05) is 0 Å². The summed E-state index contributed by atoms with van der Waals surface area (Å²) in [4.78, 5) is 28.0. The summed E-state index contributed by atoms with van der Waals surface area (Å²) in [6, 6.07) is 0. The van der Waals surface area contributed by atoms with Gasteiger partial charge in [0.2, 0.25) is 0 Å². The standard InChI is InChI=1S/C9H12ClN4O5S/c1-12-7(15)4-6-11-8(20(10,17)18)13(9(16)19-3)5-14(6,12)2/h4H,5H2,1-3H3/q+1. The number of amidine groups is 1. The third-order valence-electron chi connectivity index (χ3n) is 3.20. The van der Waals surface area contributed by atoms with Crippen molar-refractivity contribution in [2.24, 2.45) is 4.99 Å². The molecule has 2 heterocycles. The van der Waals surface area contributed by atoms with Crippen molar-refractivity contribution in [3.8, 4) is 0 Å². The van der Waals surface area contributed by atoms with Crippen molar-refractivity contribution >= 4 is 36.9 Å². The van der Waals surface area contributed by atoms with Crippen LogP contribution in [0, 0.1) is 0 Å². The molecule has 0 saturated carbocycles. The Labute approximate surface area is 119 Å². The number of ether oxygens (including phenoxy) is 1. The Balaban J connectivity index is 2.60. The summed E-state index contributed by atoms with van der Waals surface area (Å²) in [5.41, 5.74) is 0. The minimum Gasteiger partial charge on any atom is -0.452 e. The van der Waals surface area contributed by atoms with Crippen LogP contribution in [-0.4, -0.2) is 68.0 Å². The van der Waals surface area contributed by atoms with E-state index in [2.05, 4.69) is 9.73 Å². The first-order valence-corrected chi connectivity index (χ1v) is 7.67. The number of fused-ring (bicyclic) bond motifs is 1. The Kier molecular flexibility index (Phi) is 3.27. The molecule has 9 nitrogen and oxygen atoms in total. The van der Waals surface area contributed by atoms with Gasteiger partial charge in [-0.15, -0.1) is 0 Å². The highest BCUT2D eigenvalue weighted by Gasteiger charge is 2.51. The van der Waals surface area contributed by atoms with Gasteiger partial charge in [0, 0.05) is 10.7 Å². The van der Waals surface area contributed by atoms with Crippen LogP contribution in [0.4, 0.5) is 4.79 Å². The SMILES string of the molecule is COC(=O)N1C[N+]2(C)C(=CC(=O)N2C)N=C1S(=O)(=O)Cl. The van der Waals surface area contributed by atoms with E-state index in [0.717, 1.165) is 12.0 Å². The largest absolute Gasteiger partial charge is 0.452 e. The fourth-order valence-electron chi connectivity index (χ4n) is 1.95. The van der Waals surface area contributed by atoms with E-state index in [-0.39, 0.29) is 23.0 Å². The molecule has 110 valence electrons. The van der Waals surface area contributed by atoms with Gasteiger partial charge in [-0.25, -0.2) is 13.2 Å². The minimum atomic E-state index is -4.26. The number of halogens is 1. The van der Waals surface area contributed by atoms with Crippen LogP contribution in [-0.2, 0) is 18.6 Å². The smallest absolute Gasteiger partial charge is 0.420 e. The monoisotopic (exact) mass is 323 g/mol. The minimum absolute atomic E-state index is 0.175. The summed E-state index contributed by atoms with van der Waals surface area (Å²) in [5, 5.41) is 0.655. The summed E-state index contributed by atoms with van der Waals surface area (Å²) in [5.74, 6) is -0.179. The molecule has 2 rings (SSSR count). The maximum Gasteiger partial charge on any atom is 0.420 e. The van der Waals surface area contributed by atoms with Gasteiger partial charge in [-0.3, -0.25) is 4.79 Å². The van der Waals surface area contributed by atoms with E-state index in [1.165, 1.54) is 18.1 Å². The molecule has 0 fully saturated rings. The number of rotatable bonds is 0. The average molecular weight is 324 g/mol. The molecule has 20 heavy (non-hydrogen) atoms. The Morgan fingerprint density at radius 3 is 2.65 bits per heavy atom. The zero-order chi connectivity index (χ0) is 15.3. The second kappa shape index (κ2) is 4.43. The predicted octanol–water partition coefficient (Wildman–Crippen LogP) is -0.374. The Bertz CT molecular complexity index is 657. The highest BCUT2D eigenvalue weighted by atomic mass is 35.7. The number of aliphatic imine (C=N–C) groups is 1. The van der Waals surface area contributed by atoms with Crippen molar-refractivity contribution < 1.29 is 27.3 Å². The van der Waals surface area contributed by atoms with Crippen molar-refractivity contribution in [1.82, 2.24) is 9.91 Å². The molecule has 0 aromatic carbocycles. The van der Waals surface area contributed by atoms with Gasteiger partial charge >= 0.3 is 6.09 Å². The highest BCUT2D eigenvalue weighted by molar-refractivity contribution is 8.25. The molecule has 1 atom stereocenters. The normalized spacial score (nSPS) is 26.1. The van der Waals surface area contributed by atoms with Crippen molar-refractivity contribution in [3.05, 3.63) is 11.9 Å². The molecule has 0 N–H and O–H groups in total. The second-order valence-corrected chi connectivity index (χ2v) is 6.84. The van der Waals surface area contributed by atoms with Gasteiger partial charge in [-0.05, 0) is 0 Å². The number of carbonyl (C=O) groups is 2. The van der Waals surface area contributed by atoms with Crippen LogP contribution in [0.1, 0.15) is 0 Å². The van der Waals surface area contributed by atoms with Gasteiger partial charge in [0.05, 0.1) is 27.3 Å². The van der Waals surface area contributed by atoms with E-state index in [1.54, 1.807) is 7.05 Å². The van der Waals surface area contributed by atoms with Gasteiger partial charge in [0.1, 0.15) is 0 Å². The van der Waals surface area contributed by atoms with Crippen molar-refractivity contribution in [3.63, 3.8) is 0 Å². The number of quaternary nitrogens is 1. The van der Waals surface area contributed by atoms with Crippen LogP contribution in [0.3, 0.4) is 0 Å². The van der Waals surface area contributed by atoms with E-state index >= 15 is 0 Å². The highest BCUT2D eigenvalue weighted by Crippen LogP contribution is 2.32. The maximum absolute atomic E-state index is 11.7. The first kappa shape index (κ1) is 14.8.